The molecule has 0 aromatic carbocycles. The van der Waals surface area contributed by atoms with Crippen molar-refractivity contribution in [2.24, 2.45) is 11.3 Å². The number of halogens is 3. The average molecular weight is 269 g/mol. The van der Waals surface area contributed by atoms with Gasteiger partial charge in [0, 0.05) is 12.0 Å². The maximum absolute atomic E-state index is 12.0. The summed E-state index contributed by atoms with van der Waals surface area (Å²) in [7, 11) is 0. The summed E-state index contributed by atoms with van der Waals surface area (Å²) in [6.45, 7) is 0.647. The summed E-state index contributed by atoms with van der Waals surface area (Å²) in [6, 6.07) is 0. The lowest BCUT2D eigenvalue weighted by molar-refractivity contribution is -0.232. The van der Waals surface area contributed by atoms with Crippen LogP contribution in [0.1, 0.15) is 12.8 Å². The molecule has 3 nitrogen and oxygen atoms in total. The van der Waals surface area contributed by atoms with Crippen LogP contribution in [0.5, 0.6) is 0 Å². The fraction of sp³-hybridized carbons (Fsp3) is 0.900. The Kier molecular flexibility index (Phi) is 3.33. The molecule has 17 heavy (non-hydrogen) atoms. The smallest absolute Gasteiger partial charge is 0.439 e. The van der Waals surface area contributed by atoms with E-state index in [1.165, 1.54) is 0 Å². The van der Waals surface area contributed by atoms with Gasteiger partial charge in [0.2, 0.25) is 0 Å². The molecule has 0 aromatic rings. The average Bonchev–Trinajstić information content (AvgIpc) is 2.15. The van der Waals surface area contributed by atoms with Crippen molar-refractivity contribution in [3.05, 3.63) is 0 Å². The van der Waals surface area contributed by atoms with Gasteiger partial charge >= 0.3 is 12.1 Å². The van der Waals surface area contributed by atoms with Gasteiger partial charge in [0.25, 0.3) is 0 Å². The number of ether oxygens (including phenoxy) is 1. The van der Waals surface area contributed by atoms with Gasteiger partial charge in [-0.2, -0.15) is 24.9 Å². The predicted molar refractivity (Wildman–Crippen MR) is 57.5 cm³/mol. The lowest BCUT2D eigenvalue weighted by Gasteiger charge is -2.58. The number of nitrogens with one attached hydrogen (secondary N) is 1. The summed E-state index contributed by atoms with van der Waals surface area (Å²) in [4.78, 5) is 10.7. The van der Waals surface area contributed by atoms with Crippen LogP contribution in [0.25, 0.3) is 0 Å². The zero-order valence-electron chi connectivity index (χ0n) is 9.34. The number of hydrogen-bond donors (Lipinski definition) is 1. The molecule has 1 aliphatic heterocycles. The van der Waals surface area contributed by atoms with Crippen LogP contribution in [0.2, 0.25) is 0 Å². The van der Waals surface area contributed by atoms with E-state index < -0.39 is 18.4 Å². The number of carbonyl (C=O) groups excluding carboxylic acids is 1. The Hall–Kier alpha value is -0.430. The van der Waals surface area contributed by atoms with Crippen LogP contribution < -0.4 is 5.32 Å². The molecule has 1 heterocycles. The number of rotatable bonds is 3. The number of hydrogen-bond acceptors (Lipinski definition) is 4. The van der Waals surface area contributed by atoms with E-state index in [1.54, 1.807) is 11.8 Å². The summed E-state index contributed by atoms with van der Waals surface area (Å²) in [5.41, 5.74) is -0.235. The molecule has 0 amide bonds. The maximum Gasteiger partial charge on any atom is 0.490 e. The van der Waals surface area contributed by atoms with E-state index in [0.717, 1.165) is 18.6 Å². The SMILES string of the molecule is CSCC1CC2(CNC2OC(=O)C(F)(F)F)C1. The van der Waals surface area contributed by atoms with Crippen LogP contribution in [-0.4, -0.2) is 36.9 Å². The molecule has 1 aliphatic carbocycles. The summed E-state index contributed by atoms with van der Waals surface area (Å²) in [5, 5.41) is 2.75. The second-order valence-corrected chi connectivity index (χ2v) is 5.67. The van der Waals surface area contributed by atoms with Gasteiger partial charge in [-0.25, -0.2) is 4.79 Å². The van der Waals surface area contributed by atoms with Crippen molar-refractivity contribution >= 4 is 17.7 Å². The van der Waals surface area contributed by atoms with Gasteiger partial charge in [-0.05, 0) is 30.8 Å². The van der Waals surface area contributed by atoms with Crippen LogP contribution in [0, 0.1) is 11.3 Å². The topological polar surface area (TPSA) is 38.3 Å². The first-order valence-corrected chi connectivity index (χ1v) is 6.77. The van der Waals surface area contributed by atoms with Crippen molar-refractivity contribution in [3.8, 4) is 0 Å². The van der Waals surface area contributed by atoms with E-state index in [-0.39, 0.29) is 5.41 Å². The molecule has 0 bridgehead atoms. The highest BCUT2D eigenvalue weighted by Crippen LogP contribution is 2.53. The molecule has 2 rings (SSSR count). The molecule has 1 saturated heterocycles. The van der Waals surface area contributed by atoms with E-state index in [4.69, 9.17) is 0 Å². The minimum Gasteiger partial charge on any atom is -0.439 e. The van der Waals surface area contributed by atoms with E-state index in [9.17, 15) is 18.0 Å². The summed E-state index contributed by atoms with van der Waals surface area (Å²) in [6.07, 6.45) is -1.96. The molecule has 98 valence electrons. The van der Waals surface area contributed by atoms with Gasteiger partial charge in [0.1, 0.15) is 0 Å². The highest BCUT2D eigenvalue weighted by atomic mass is 32.2. The molecule has 1 atom stereocenters. The normalized spacial score (nSPS) is 36.2. The van der Waals surface area contributed by atoms with Crippen LogP contribution in [0.15, 0.2) is 0 Å². The second kappa shape index (κ2) is 4.35. The minimum absolute atomic E-state index is 0.235. The molecule has 0 radical (unpaired) electrons. The summed E-state index contributed by atoms with van der Waals surface area (Å²) >= 11 is 1.73. The van der Waals surface area contributed by atoms with Gasteiger partial charge in [-0.3, -0.25) is 5.32 Å². The number of esters is 1. The maximum atomic E-state index is 12.0. The standard InChI is InChI=1S/C10H14F3NO2S/c1-17-4-6-2-9(3-6)5-14-7(9)16-8(15)10(11,12)13/h6-7,14H,2-5H2,1H3. The van der Waals surface area contributed by atoms with Crippen molar-refractivity contribution in [1.82, 2.24) is 5.32 Å². The van der Waals surface area contributed by atoms with Crippen LogP contribution in [0.3, 0.4) is 0 Å². The number of thioether (sulfide) groups is 1. The Morgan fingerprint density at radius 1 is 1.53 bits per heavy atom. The highest BCUT2D eigenvalue weighted by Gasteiger charge is 2.58. The quantitative estimate of drug-likeness (QED) is 0.793. The highest BCUT2D eigenvalue weighted by molar-refractivity contribution is 7.98. The Balaban J connectivity index is 1.83. The first-order chi connectivity index (χ1) is 7.87. The number of alkyl halides is 3. The predicted octanol–water partition coefficient (Wildman–Crippen LogP) is 1.78. The Labute approximate surface area is 101 Å². The number of carbonyl (C=O) groups is 1. The molecule has 1 saturated carbocycles. The zero-order chi connectivity index (χ0) is 12.7. The lowest BCUT2D eigenvalue weighted by Crippen LogP contribution is -2.69. The third kappa shape index (κ3) is 2.40. The molecule has 0 aromatic heterocycles. The summed E-state index contributed by atoms with van der Waals surface area (Å²) < 4.78 is 40.6. The third-order valence-electron chi connectivity index (χ3n) is 3.44. The fourth-order valence-electron chi connectivity index (χ4n) is 2.62. The molecule has 7 heteroatoms. The van der Waals surface area contributed by atoms with E-state index in [2.05, 4.69) is 10.1 Å². The molecule has 1 spiro atoms. The van der Waals surface area contributed by atoms with Gasteiger partial charge in [-0.1, -0.05) is 0 Å². The molecule has 2 fully saturated rings. The largest absolute Gasteiger partial charge is 0.490 e. The summed E-state index contributed by atoms with van der Waals surface area (Å²) in [5.74, 6) is -0.539. The first-order valence-electron chi connectivity index (χ1n) is 5.37. The van der Waals surface area contributed by atoms with Crippen molar-refractivity contribution < 1.29 is 22.7 Å². The molecule has 2 aliphatic rings. The molecular formula is C10H14F3NO2S. The zero-order valence-corrected chi connectivity index (χ0v) is 10.2. The third-order valence-corrected chi connectivity index (χ3v) is 4.25. The van der Waals surface area contributed by atoms with Crippen LogP contribution in [0.4, 0.5) is 13.2 Å². The molecule has 1 unspecified atom stereocenters. The fourth-order valence-corrected chi connectivity index (χ4v) is 3.32. The lowest BCUT2D eigenvalue weighted by atomic mass is 9.58. The molecular weight excluding hydrogens is 255 g/mol. The van der Waals surface area contributed by atoms with Crippen LogP contribution >= 0.6 is 11.8 Å². The van der Waals surface area contributed by atoms with Crippen LogP contribution in [-0.2, 0) is 9.53 Å². The van der Waals surface area contributed by atoms with Crippen molar-refractivity contribution in [3.63, 3.8) is 0 Å². The molecule has 1 N–H and O–H groups in total. The van der Waals surface area contributed by atoms with Gasteiger partial charge in [0.15, 0.2) is 6.23 Å². The van der Waals surface area contributed by atoms with E-state index in [0.29, 0.717) is 12.5 Å². The Bertz CT molecular complexity index is 315. The van der Waals surface area contributed by atoms with Crippen molar-refractivity contribution in [2.45, 2.75) is 25.2 Å². The van der Waals surface area contributed by atoms with Gasteiger partial charge in [0.05, 0.1) is 0 Å². The van der Waals surface area contributed by atoms with E-state index in [1.807, 2.05) is 6.26 Å². The minimum atomic E-state index is -4.90. The Morgan fingerprint density at radius 3 is 2.59 bits per heavy atom. The van der Waals surface area contributed by atoms with E-state index >= 15 is 0 Å². The first kappa shape index (κ1) is 13.0. The monoisotopic (exact) mass is 269 g/mol. The second-order valence-electron chi connectivity index (χ2n) is 4.76. The van der Waals surface area contributed by atoms with Crippen molar-refractivity contribution in [1.29, 1.82) is 0 Å². The van der Waals surface area contributed by atoms with Crippen molar-refractivity contribution in [2.75, 3.05) is 18.6 Å². The van der Waals surface area contributed by atoms with Gasteiger partial charge < -0.3 is 4.74 Å². The Morgan fingerprint density at radius 2 is 2.18 bits per heavy atom. The van der Waals surface area contributed by atoms with Gasteiger partial charge in [-0.15, -0.1) is 0 Å².